The molecule has 0 saturated heterocycles. The fourth-order valence-corrected chi connectivity index (χ4v) is 3.28. The van der Waals surface area contributed by atoms with Crippen molar-refractivity contribution in [3.8, 4) is 11.5 Å². The molecule has 0 N–H and O–H groups in total. The fourth-order valence-electron chi connectivity index (χ4n) is 3.28. The van der Waals surface area contributed by atoms with Crippen LogP contribution in [0, 0.1) is 0 Å². The average molecular weight is 443 g/mol. The molecule has 0 aliphatic carbocycles. The van der Waals surface area contributed by atoms with Crippen molar-refractivity contribution in [2.24, 2.45) is 0 Å². The van der Waals surface area contributed by atoms with Gasteiger partial charge in [-0.2, -0.15) is 0 Å². The molecule has 33 heavy (non-hydrogen) atoms. The summed E-state index contributed by atoms with van der Waals surface area (Å²) < 4.78 is 17.3. The second kappa shape index (κ2) is 12.3. The molecule has 3 aromatic carbocycles. The summed E-state index contributed by atoms with van der Waals surface area (Å²) in [5.41, 5.74) is 4.94. The van der Waals surface area contributed by atoms with Gasteiger partial charge in [-0.3, -0.25) is 0 Å². The van der Waals surface area contributed by atoms with Crippen molar-refractivity contribution in [3.63, 3.8) is 0 Å². The third kappa shape index (κ3) is 7.39. The van der Waals surface area contributed by atoms with Gasteiger partial charge in [-0.15, -0.1) is 0 Å². The summed E-state index contributed by atoms with van der Waals surface area (Å²) in [5, 5.41) is 0. The molecule has 4 heteroatoms. The molecular weight excluding hydrogens is 412 g/mol. The lowest BCUT2D eigenvalue weighted by Crippen LogP contribution is -2.03. The van der Waals surface area contributed by atoms with E-state index in [0.717, 1.165) is 28.0 Å². The minimum atomic E-state index is -0.408. The predicted molar refractivity (Wildman–Crippen MR) is 132 cm³/mol. The Hall–Kier alpha value is -3.79. The second-order valence-electron chi connectivity index (χ2n) is 7.85. The Morgan fingerprint density at radius 3 is 2.09 bits per heavy atom. The Bertz CT molecular complexity index is 1100. The highest BCUT2D eigenvalue weighted by molar-refractivity contribution is 5.87. The molecular formula is C29H30O4. The van der Waals surface area contributed by atoms with Crippen LogP contribution in [-0.4, -0.2) is 13.1 Å². The summed E-state index contributed by atoms with van der Waals surface area (Å²) >= 11 is 0. The van der Waals surface area contributed by atoms with Gasteiger partial charge < -0.3 is 14.2 Å². The van der Waals surface area contributed by atoms with Gasteiger partial charge in [0.25, 0.3) is 0 Å². The number of rotatable bonds is 10. The third-order valence-electron chi connectivity index (χ3n) is 5.03. The van der Waals surface area contributed by atoms with E-state index in [9.17, 15) is 4.79 Å². The van der Waals surface area contributed by atoms with Gasteiger partial charge >= 0.3 is 5.97 Å². The van der Waals surface area contributed by atoms with Crippen molar-refractivity contribution in [3.05, 3.63) is 113 Å². The van der Waals surface area contributed by atoms with E-state index in [1.54, 1.807) is 13.2 Å². The minimum Gasteiger partial charge on any atom is -0.496 e. The van der Waals surface area contributed by atoms with E-state index in [4.69, 9.17) is 14.2 Å². The van der Waals surface area contributed by atoms with Crippen LogP contribution in [-0.2, 0) is 29.2 Å². The van der Waals surface area contributed by atoms with Crippen molar-refractivity contribution >= 4 is 12.0 Å². The van der Waals surface area contributed by atoms with E-state index in [1.807, 2.05) is 72.8 Å². The van der Waals surface area contributed by atoms with E-state index in [0.29, 0.717) is 18.8 Å². The summed E-state index contributed by atoms with van der Waals surface area (Å²) in [6.07, 6.45) is 5.97. The molecule has 0 heterocycles. The molecule has 3 rings (SSSR count). The number of allylic oxidation sites excluding steroid dienone is 2. The summed E-state index contributed by atoms with van der Waals surface area (Å²) in [7, 11) is 1.65. The maximum absolute atomic E-state index is 12.3. The largest absolute Gasteiger partial charge is 0.496 e. The quantitative estimate of drug-likeness (QED) is 0.203. The first kappa shape index (κ1) is 23.9. The van der Waals surface area contributed by atoms with Gasteiger partial charge in [0.2, 0.25) is 0 Å². The number of benzene rings is 3. The zero-order valence-electron chi connectivity index (χ0n) is 19.4. The molecule has 0 radical (unpaired) electrons. The standard InChI is InChI=1S/C29H30O4/c1-22(2)14-17-26-27(31-3)18-15-25(29(26)33-21-24-12-8-5-9-13-24)16-19-28(30)32-20-23-10-6-4-7-11-23/h4-16,18-19H,17,20-21H2,1-3H3. The third-order valence-corrected chi connectivity index (χ3v) is 5.03. The molecule has 0 aromatic heterocycles. The summed E-state index contributed by atoms with van der Waals surface area (Å²) in [6.45, 7) is 4.76. The zero-order valence-corrected chi connectivity index (χ0v) is 19.4. The monoisotopic (exact) mass is 442 g/mol. The van der Waals surface area contributed by atoms with E-state index < -0.39 is 5.97 Å². The molecule has 0 amide bonds. The Kier molecular flexibility index (Phi) is 8.89. The van der Waals surface area contributed by atoms with Crippen LogP contribution in [0.1, 0.15) is 36.1 Å². The molecule has 4 nitrogen and oxygen atoms in total. The van der Waals surface area contributed by atoms with Gasteiger partial charge in [-0.25, -0.2) is 4.79 Å². The first-order valence-electron chi connectivity index (χ1n) is 11.0. The van der Waals surface area contributed by atoms with Crippen LogP contribution in [0.25, 0.3) is 6.08 Å². The average Bonchev–Trinajstić information content (AvgIpc) is 2.85. The van der Waals surface area contributed by atoms with Crippen LogP contribution in [0.2, 0.25) is 0 Å². The van der Waals surface area contributed by atoms with Crippen molar-refractivity contribution in [1.82, 2.24) is 0 Å². The number of carbonyl (C=O) groups excluding carboxylic acids is 1. The number of esters is 1. The smallest absolute Gasteiger partial charge is 0.331 e. The molecule has 0 atom stereocenters. The van der Waals surface area contributed by atoms with Crippen molar-refractivity contribution < 1.29 is 19.0 Å². The lowest BCUT2D eigenvalue weighted by Gasteiger charge is -2.17. The van der Waals surface area contributed by atoms with E-state index in [1.165, 1.54) is 11.6 Å². The number of ether oxygens (including phenoxy) is 3. The number of hydrogen-bond acceptors (Lipinski definition) is 4. The maximum atomic E-state index is 12.3. The van der Waals surface area contributed by atoms with Crippen molar-refractivity contribution in [2.75, 3.05) is 7.11 Å². The molecule has 0 aliphatic rings. The van der Waals surface area contributed by atoms with E-state index in [-0.39, 0.29) is 6.61 Å². The number of hydrogen-bond donors (Lipinski definition) is 0. The Morgan fingerprint density at radius 2 is 1.48 bits per heavy atom. The molecule has 0 unspecified atom stereocenters. The molecule has 3 aromatic rings. The van der Waals surface area contributed by atoms with Gasteiger partial charge in [-0.1, -0.05) is 72.3 Å². The number of methoxy groups -OCH3 is 1. The van der Waals surface area contributed by atoms with Crippen LogP contribution in [0.4, 0.5) is 0 Å². The lowest BCUT2D eigenvalue weighted by atomic mass is 10.0. The Labute approximate surface area is 196 Å². The molecule has 170 valence electrons. The minimum absolute atomic E-state index is 0.232. The van der Waals surface area contributed by atoms with Gasteiger partial charge in [0, 0.05) is 17.2 Å². The van der Waals surface area contributed by atoms with Crippen LogP contribution >= 0.6 is 0 Å². The van der Waals surface area contributed by atoms with Crippen molar-refractivity contribution in [1.29, 1.82) is 0 Å². The fraction of sp³-hybridized carbons (Fsp3) is 0.207. The molecule has 0 saturated carbocycles. The Morgan fingerprint density at radius 1 is 0.848 bits per heavy atom. The normalized spacial score (nSPS) is 10.6. The summed E-state index contributed by atoms with van der Waals surface area (Å²) in [4.78, 5) is 12.3. The summed E-state index contributed by atoms with van der Waals surface area (Å²) in [5.74, 6) is 1.04. The molecule has 0 fully saturated rings. The Balaban J connectivity index is 1.84. The highest BCUT2D eigenvalue weighted by Gasteiger charge is 2.14. The van der Waals surface area contributed by atoms with Crippen LogP contribution < -0.4 is 9.47 Å². The van der Waals surface area contributed by atoms with E-state index >= 15 is 0 Å². The SMILES string of the molecule is COc1ccc(C=CC(=O)OCc2ccccc2)c(OCc2ccccc2)c1CC=C(C)C. The first-order chi connectivity index (χ1) is 16.1. The zero-order chi connectivity index (χ0) is 23.5. The molecule has 0 bridgehead atoms. The number of carbonyl (C=O) groups is 1. The van der Waals surface area contributed by atoms with Gasteiger partial charge in [0.05, 0.1) is 7.11 Å². The first-order valence-corrected chi connectivity index (χ1v) is 11.0. The summed E-state index contributed by atoms with van der Waals surface area (Å²) in [6, 6.07) is 23.4. The van der Waals surface area contributed by atoms with Gasteiger partial charge in [0.1, 0.15) is 24.7 Å². The second-order valence-corrected chi connectivity index (χ2v) is 7.85. The van der Waals surface area contributed by atoms with Gasteiger partial charge in [-0.05, 0) is 49.6 Å². The highest BCUT2D eigenvalue weighted by atomic mass is 16.5. The van der Waals surface area contributed by atoms with Crippen LogP contribution in [0.5, 0.6) is 11.5 Å². The molecule has 0 spiro atoms. The topological polar surface area (TPSA) is 44.8 Å². The maximum Gasteiger partial charge on any atom is 0.331 e. The molecule has 0 aliphatic heterocycles. The predicted octanol–water partition coefficient (Wildman–Crippen LogP) is 6.54. The van der Waals surface area contributed by atoms with E-state index in [2.05, 4.69) is 19.9 Å². The highest BCUT2D eigenvalue weighted by Crippen LogP contribution is 2.35. The lowest BCUT2D eigenvalue weighted by molar-refractivity contribution is -0.138. The van der Waals surface area contributed by atoms with Crippen LogP contribution in [0.3, 0.4) is 0 Å². The van der Waals surface area contributed by atoms with Crippen LogP contribution in [0.15, 0.2) is 90.5 Å². The van der Waals surface area contributed by atoms with Crippen molar-refractivity contribution in [2.45, 2.75) is 33.5 Å². The van der Waals surface area contributed by atoms with Gasteiger partial charge in [0.15, 0.2) is 0 Å².